The van der Waals surface area contributed by atoms with E-state index in [2.05, 4.69) is 32.8 Å². The summed E-state index contributed by atoms with van der Waals surface area (Å²) in [6, 6.07) is 19.2. The van der Waals surface area contributed by atoms with Crippen LogP contribution in [0.2, 0.25) is 5.02 Å². The summed E-state index contributed by atoms with van der Waals surface area (Å²) in [6.45, 7) is 2.11. The van der Waals surface area contributed by atoms with E-state index in [-0.39, 0.29) is 28.0 Å². The maximum absolute atomic E-state index is 14.3. The standard InChI is InChI=1S/C27H25ClFN5O2S/c1-3-15-37-23-10-5-4-9-22(23)32-25-19(26(35)33-24-20(28)7-6-8-21(24)29)16-30-27(34-25)31-17-11-13-18(36-2)14-12-17/h4-14,16H,3,15H2,1-2H3,(H,33,35)(H2,30,31,32,34). The topological polar surface area (TPSA) is 88.2 Å². The van der Waals surface area contributed by atoms with Gasteiger partial charge in [-0.15, -0.1) is 11.8 Å². The molecule has 1 amide bonds. The highest BCUT2D eigenvalue weighted by atomic mass is 35.5. The predicted molar refractivity (Wildman–Crippen MR) is 148 cm³/mol. The largest absolute Gasteiger partial charge is 0.497 e. The van der Waals surface area contributed by atoms with Crippen molar-refractivity contribution < 1.29 is 13.9 Å². The van der Waals surface area contributed by atoms with Crippen molar-refractivity contribution >= 4 is 58.1 Å². The van der Waals surface area contributed by atoms with Gasteiger partial charge >= 0.3 is 0 Å². The maximum atomic E-state index is 14.3. The third-order valence-electron chi connectivity index (χ3n) is 5.18. The van der Waals surface area contributed by atoms with Crippen molar-refractivity contribution in [1.82, 2.24) is 9.97 Å². The monoisotopic (exact) mass is 537 g/mol. The Hall–Kier alpha value is -3.82. The average molecular weight is 538 g/mol. The van der Waals surface area contributed by atoms with Crippen LogP contribution in [0.3, 0.4) is 0 Å². The van der Waals surface area contributed by atoms with E-state index in [9.17, 15) is 9.18 Å². The van der Waals surface area contributed by atoms with Crippen LogP contribution in [-0.2, 0) is 0 Å². The summed E-state index contributed by atoms with van der Waals surface area (Å²) in [5.74, 6) is 0.923. The quantitative estimate of drug-likeness (QED) is 0.180. The first kappa shape index (κ1) is 26.2. The molecular weight excluding hydrogens is 513 g/mol. The number of benzene rings is 3. The number of carbonyl (C=O) groups is 1. The first-order valence-electron chi connectivity index (χ1n) is 11.5. The minimum absolute atomic E-state index is 0.0860. The smallest absolute Gasteiger partial charge is 0.261 e. The number of rotatable bonds is 10. The van der Waals surface area contributed by atoms with Crippen LogP contribution in [0.4, 0.5) is 33.2 Å². The van der Waals surface area contributed by atoms with Crippen molar-refractivity contribution in [2.45, 2.75) is 18.2 Å². The number of amides is 1. The van der Waals surface area contributed by atoms with E-state index in [0.717, 1.165) is 28.4 Å². The molecule has 1 aromatic heterocycles. The van der Waals surface area contributed by atoms with Gasteiger partial charge in [0.05, 0.1) is 23.5 Å². The molecule has 10 heteroatoms. The zero-order valence-electron chi connectivity index (χ0n) is 20.2. The zero-order chi connectivity index (χ0) is 26.2. The first-order chi connectivity index (χ1) is 18.0. The van der Waals surface area contributed by atoms with Crippen LogP contribution >= 0.6 is 23.4 Å². The molecule has 37 heavy (non-hydrogen) atoms. The van der Waals surface area contributed by atoms with Crippen molar-refractivity contribution in [2.75, 3.05) is 28.8 Å². The van der Waals surface area contributed by atoms with Gasteiger partial charge < -0.3 is 20.7 Å². The Labute approximate surface area is 223 Å². The molecule has 0 saturated carbocycles. The number of anilines is 5. The summed E-state index contributed by atoms with van der Waals surface area (Å²) < 4.78 is 19.5. The van der Waals surface area contributed by atoms with Crippen molar-refractivity contribution in [3.63, 3.8) is 0 Å². The second-order valence-electron chi connectivity index (χ2n) is 7.83. The van der Waals surface area contributed by atoms with Crippen LogP contribution in [0.25, 0.3) is 0 Å². The lowest BCUT2D eigenvalue weighted by molar-refractivity contribution is 0.102. The van der Waals surface area contributed by atoms with Gasteiger partial charge in [-0.2, -0.15) is 4.98 Å². The fourth-order valence-corrected chi connectivity index (χ4v) is 4.42. The Morgan fingerprint density at radius 2 is 1.84 bits per heavy atom. The number of thioether (sulfide) groups is 1. The Kier molecular flexibility index (Phi) is 8.81. The second-order valence-corrected chi connectivity index (χ2v) is 9.37. The first-order valence-corrected chi connectivity index (χ1v) is 12.9. The van der Waals surface area contributed by atoms with Gasteiger partial charge in [-0.05, 0) is 60.7 Å². The lowest BCUT2D eigenvalue weighted by Gasteiger charge is -2.16. The van der Waals surface area contributed by atoms with E-state index in [1.807, 2.05) is 48.5 Å². The van der Waals surface area contributed by atoms with Crippen LogP contribution in [-0.4, -0.2) is 28.7 Å². The molecule has 1 heterocycles. The van der Waals surface area contributed by atoms with Crippen LogP contribution in [0, 0.1) is 5.82 Å². The summed E-state index contributed by atoms with van der Waals surface area (Å²) in [5.41, 5.74) is 1.53. The molecule has 3 aromatic carbocycles. The summed E-state index contributed by atoms with van der Waals surface area (Å²) in [5, 5.41) is 9.03. The predicted octanol–water partition coefficient (Wildman–Crippen LogP) is 7.52. The summed E-state index contributed by atoms with van der Waals surface area (Å²) >= 11 is 7.81. The number of methoxy groups -OCH3 is 1. The van der Waals surface area contributed by atoms with E-state index in [1.165, 1.54) is 24.4 Å². The molecule has 0 aliphatic carbocycles. The maximum Gasteiger partial charge on any atom is 0.261 e. The van der Waals surface area contributed by atoms with Crippen LogP contribution in [0.1, 0.15) is 23.7 Å². The van der Waals surface area contributed by atoms with Crippen LogP contribution in [0.5, 0.6) is 5.75 Å². The molecule has 4 rings (SSSR count). The van der Waals surface area contributed by atoms with Crippen molar-refractivity contribution in [1.29, 1.82) is 0 Å². The molecule has 190 valence electrons. The van der Waals surface area contributed by atoms with Crippen molar-refractivity contribution in [3.05, 3.63) is 89.3 Å². The summed E-state index contributed by atoms with van der Waals surface area (Å²) in [4.78, 5) is 23.1. The molecule has 0 bridgehead atoms. The number of para-hydroxylation sites is 2. The third kappa shape index (κ3) is 6.69. The number of nitrogens with zero attached hydrogens (tertiary/aromatic N) is 2. The highest BCUT2D eigenvalue weighted by Crippen LogP contribution is 2.32. The molecule has 0 radical (unpaired) electrons. The van der Waals surface area contributed by atoms with Gasteiger partial charge in [-0.1, -0.05) is 36.7 Å². The molecule has 0 aliphatic heterocycles. The SMILES string of the molecule is CCCSc1ccccc1Nc1nc(Nc2ccc(OC)cc2)ncc1C(=O)Nc1c(F)cccc1Cl. The number of nitrogens with one attached hydrogen (secondary N) is 3. The normalized spacial score (nSPS) is 10.6. The fraction of sp³-hybridized carbons (Fsp3) is 0.148. The molecule has 0 saturated heterocycles. The minimum Gasteiger partial charge on any atom is -0.497 e. The lowest BCUT2D eigenvalue weighted by atomic mass is 10.2. The molecular formula is C27H25ClFN5O2S. The van der Waals surface area contributed by atoms with Gasteiger partial charge in [-0.3, -0.25) is 4.79 Å². The Balaban J connectivity index is 1.69. The van der Waals surface area contributed by atoms with E-state index in [4.69, 9.17) is 16.3 Å². The highest BCUT2D eigenvalue weighted by Gasteiger charge is 2.19. The molecule has 7 nitrogen and oxygen atoms in total. The van der Waals surface area contributed by atoms with E-state index in [0.29, 0.717) is 5.75 Å². The third-order valence-corrected chi connectivity index (χ3v) is 6.78. The van der Waals surface area contributed by atoms with E-state index >= 15 is 0 Å². The summed E-state index contributed by atoms with van der Waals surface area (Å²) in [7, 11) is 1.60. The van der Waals surface area contributed by atoms with Crippen molar-refractivity contribution in [2.24, 2.45) is 0 Å². The number of halogens is 2. The average Bonchev–Trinajstić information content (AvgIpc) is 2.91. The highest BCUT2D eigenvalue weighted by molar-refractivity contribution is 7.99. The summed E-state index contributed by atoms with van der Waals surface area (Å²) in [6.07, 6.45) is 2.40. The molecule has 3 N–H and O–H groups in total. The molecule has 0 aliphatic rings. The molecule has 0 spiro atoms. The van der Waals surface area contributed by atoms with E-state index < -0.39 is 11.7 Å². The number of carbonyl (C=O) groups excluding carboxylic acids is 1. The minimum atomic E-state index is -0.643. The fourth-order valence-electron chi connectivity index (χ4n) is 3.34. The Morgan fingerprint density at radius 1 is 1.05 bits per heavy atom. The zero-order valence-corrected chi connectivity index (χ0v) is 21.8. The number of hydrogen-bond donors (Lipinski definition) is 3. The molecule has 4 aromatic rings. The van der Waals surface area contributed by atoms with Gasteiger partial charge in [0.25, 0.3) is 5.91 Å². The van der Waals surface area contributed by atoms with Crippen LogP contribution < -0.4 is 20.7 Å². The number of hydrogen-bond acceptors (Lipinski definition) is 7. The van der Waals surface area contributed by atoms with Crippen molar-refractivity contribution in [3.8, 4) is 5.75 Å². The Morgan fingerprint density at radius 3 is 2.57 bits per heavy atom. The lowest BCUT2D eigenvalue weighted by Crippen LogP contribution is -2.17. The van der Waals surface area contributed by atoms with Gasteiger partial charge in [0.1, 0.15) is 22.9 Å². The van der Waals surface area contributed by atoms with Crippen LogP contribution in [0.15, 0.2) is 77.8 Å². The molecule has 0 atom stereocenters. The van der Waals surface area contributed by atoms with E-state index in [1.54, 1.807) is 18.9 Å². The van der Waals surface area contributed by atoms with Gasteiger partial charge in [0.2, 0.25) is 5.95 Å². The molecule has 0 unspecified atom stereocenters. The molecule has 0 fully saturated rings. The second kappa shape index (κ2) is 12.4. The van der Waals surface area contributed by atoms with Gasteiger partial charge in [0.15, 0.2) is 0 Å². The number of ether oxygens (including phenoxy) is 1. The Bertz CT molecular complexity index is 1370. The van der Waals surface area contributed by atoms with Gasteiger partial charge in [0, 0.05) is 16.8 Å². The van der Waals surface area contributed by atoms with Gasteiger partial charge in [-0.25, -0.2) is 9.37 Å². The number of aromatic nitrogens is 2.